The molecule has 2 nitrogen and oxygen atoms in total. The number of esters is 1. The van der Waals surface area contributed by atoms with E-state index in [0.717, 1.165) is 0 Å². The normalized spacial score (nSPS) is 7.70. The minimum atomic E-state index is -0.394. The maximum Gasteiger partial charge on any atom is 0.331 e. The van der Waals surface area contributed by atoms with E-state index in [9.17, 15) is 4.79 Å². The Morgan fingerprint density at radius 2 is 1.90 bits per heavy atom. The topological polar surface area (TPSA) is 26.3 Å². The van der Waals surface area contributed by atoms with Crippen molar-refractivity contribution >= 4 is 5.97 Å². The van der Waals surface area contributed by atoms with Crippen LogP contribution in [-0.4, -0.2) is 13.1 Å². The molecule has 10 heavy (non-hydrogen) atoms. The van der Waals surface area contributed by atoms with Crippen molar-refractivity contribution in [3.8, 4) is 0 Å². The van der Waals surface area contributed by atoms with Crippen molar-refractivity contribution in [3.63, 3.8) is 0 Å². The van der Waals surface area contributed by atoms with E-state index in [4.69, 9.17) is 0 Å². The maximum atomic E-state index is 10.5. The molecule has 0 aromatic heterocycles. The number of ether oxygens (including phenoxy) is 1. The summed E-state index contributed by atoms with van der Waals surface area (Å²) in [6.45, 7) is 6.94. The van der Waals surface area contributed by atoms with E-state index in [1.165, 1.54) is 25.3 Å². The van der Waals surface area contributed by atoms with Crippen molar-refractivity contribution in [3.05, 3.63) is 37.0 Å². The summed E-state index contributed by atoms with van der Waals surface area (Å²) in [5.41, 5.74) is 0.659. The van der Waals surface area contributed by atoms with Crippen LogP contribution in [0.1, 0.15) is 0 Å². The van der Waals surface area contributed by atoms with Gasteiger partial charge in [0.15, 0.2) is 0 Å². The zero-order chi connectivity index (χ0) is 7.98. The third-order valence-electron chi connectivity index (χ3n) is 0.957. The lowest BCUT2D eigenvalue weighted by atomic mass is 10.2. The second-order valence-corrected chi connectivity index (χ2v) is 1.58. The van der Waals surface area contributed by atoms with Crippen molar-refractivity contribution in [1.82, 2.24) is 0 Å². The molecule has 0 bridgehead atoms. The summed E-state index contributed by atoms with van der Waals surface area (Å²) in [6.07, 6.45) is 4.38. The van der Waals surface area contributed by atoms with E-state index < -0.39 is 5.97 Å². The van der Waals surface area contributed by atoms with Crippen LogP contribution >= 0.6 is 0 Å². The van der Waals surface area contributed by atoms with E-state index in [-0.39, 0.29) is 0 Å². The highest BCUT2D eigenvalue weighted by molar-refractivity contribution is 5.83. The van der Waals surface area contributed by atoms with Crippen LogP contribution in [0.25, 0.3) is 0 Å². The zero-order valence-electron chi connectivity index (χ0n) is 5.96. The fourth-order valence-electron chi connectivity index (χ4n) is 0.396. The van der Waals surface area contributed by atoms with Gasteiger partial charge in [-0.3, -0.25) is 0 Å². The molecule has 54 valence electrons. The van der Waals surface area contributed by atoms with Crippen LogP contribution in [0.2, 0.25) is 0 Å². The van der Waals surface area contributed by atoms with Gasteiger partial charge >= 0.3 is 5.97 Å². The van der Waals surface area contributed by atoms with Crippen LogP contribution < -0.4 is 0 Å². The van der Waals surface area contributed by atoms with Gasteiger partial charge in [0, 0.05) is 6.08 Å². The molecule has 0 unspecified atom stereocenters. The molecule has 0 rings (SSSR count). The Hall–Kier alpha value is -1.31. The predicted molar refractivity (Wildman–Crippen MR) is 40.5 cm³/mol. The SMILES string of the molecule is C=CC(C=C)=CC(=O)OC. The Labute approximate surface area is 60.5 Å². The molecule has 0 heterocycles. The number of allylic oxidation sites excluding steroid dienone is 3. The first-order chi connectivity index (χ1) is 4.74. The molecule has 0 aromatic rings. The van der Waals surface area contributed by atoms with Gasteiger partial charge in [0.2, 0.25) is 0 Å². The van der Waals surface area contributed by atoms with Gasteiger partial charge in [-0.2, -0.15) is 0 Å². The first-order valence-electron chi connectivity index (χ1n) is 2.79. The molecule has 0 aromatic carbocycles. The molecule has 2 heteroatoms. The molecular weight excluding hydrogens is 128 g/mol. The molecule has 0 amide bonds. The Bertz CT molecular complexity index is 168. The average Bonchev–Trinajstić information content (AvgIpc) is 1.99. The van der Waals surface area contributed by atoms with Crippen LogP contribution in [0.4, 0.5) is 0 Å². The van der Waals surface area contributed by atoms with E-state index in [2.05, 4.69) is 17.9 Å². The van der Waals surface area contributed by atoms with Gasteiger partial charge < -0.3 is 4.74 Å². The molecule has 0 N–H and O–H groups in total. The lowest BCUT2D eigenvalue weighted by Gasteiger charge is -1.91. The summed E-state index contributed by atoms with van der Waals surface area (Å²) >= 11 is 0. The van der Waals surface area contributed by atoms with E-state index in [1.54, 1.807) is 0 Å². The van der Waals surface area contributed by atoms with E-state index in [0.29, 0.717) is 5.57 Å². The number of hydrogen-bond acceptors (Lipinski definition) is 2. The van der Waals surface area contributed by atoms with Crippen molar-refractivity contribution < 1.29 is 9.53 Å². The molecule has 0 aliphatic carbocycles. The average molecular weight is 138 g/mol. The van der Waals surface area contributed by atoms with E-state index >= 15 is 0 Å². The largest absolute Gasteiger partial charge is 0.466 e. The number of methoxy groups -OCH3 is 1. The van der Waals surface area contributed by atoms with Crippen molar-refractivity contribution in [2.24, 2.45) is 0 Å². The summed E-state index contributed by atoms with van der Waals surface area (Å²) in [4.78, 5) is 10.5. The lowest BCUT2D eigenvalue weighted by Crippen LogP contribution is -1.94. The Balaban J connectivity index is 4.23. The van der Waals surface area contributed by atoms with Gasteiger partial charge in [0.05, 0.1) is 7.11 Å². The summed E-state index contributed by atoms with van der Waals surface area (Å²) in [5.74, 6) is -0.394. The van der Waals surface area contributed by atoms with Gasteiger partial charge in [-0.1, -0.05) is 25.3 Å². The predicted octanol–water partition coefficient (Wildman–Crippen LogP) is 1.46. The highest BCUT2D eigenvalue weighted by Crippen LogP contribution is 1.95. The third-order valence-corrected chi connectivity index (χ3v) is 0.957. The molecule has 0 radical (unpaired) electrons. The monoisotopic (exact) mass is 138 g/mol. The minimum absolute atomic E-state index is 0.394. The second kappa shape index (κ2) is 4.56. The highest BCUT2D eigenvalue weighted by atomic mass is 16.5. The fraction of sp³-hybridized carbons (Fsp3) is 0.125. The van der Waals surface area contributed by atoms with Crippen molar-refractivity contribution in [1.29, 1.82) is 0 Å². The summed E-state index contributed by atoms with van der Waals surface area (Å²) in [7, 11) is 1.32. The molecule has 0 spiro atoms. The van der Waals surface area contributed by atoms with E-state index in [1.807, 2.05) is 0 Å². The van der Waals surface area contributed by atoms with Gasteiger partial charge in [-0.15, -0.1) is 0 Å². The number of carbonyl (C=O) groups excluding carboxylic acids is 1. The van der Waals surface area contributed by atoms with Gasteiger partial charge in [-0.25, -0.2) is 4.79 Å². The summed E-state index contributed by atoms with van der Waals surface area (Å²) in [6, 6.07) is 0. The Morgan fingerprint density at radius 1 is 1.40 bits per heavy atom. The van der Waals surface area contributed by atoms with Crippen LogP contribution in [0.3, 0.4) is 0 Å². The minimum Gasteiger partial charge on any atom is -0.466 e. The standard InChI is InChI=1S/C8H10O2/c1-4-7(5-2)6-8(9)10-3/h4-6H,1-2H2,3H3. The number of rotatable bonds is 3. The van der Waals surface area contributed by atoms with Crippen molar-refractivity contribution in [2.45, 2.75) is 0 Å². The fourth-order valence-corrected chi connectivity index (χ4v) is 0.396. The summed E-state index contributed by atoms with van der Waals surface area (Å²) < 4.78 is 4.37. The molecule has 0 aliphatic heterocycles. The Kier molecular flexibility index (Phi) is 3.96. The van der Waals surface area contributed by atoms with Gasteiger partial charge in [0.1, 0.15) is 0 Å². The van der Waals surface area contributed by atoms with Crippen LogP contribution in [0.15, 0.2) is 37.0 Å². The first kappa shape index (κ1) is 8.69. The van der Waals surface area contributed by atoms with Crippen LogP contribution in [0.5, 0.6) is 0 Å². The number of carbonyl (C=O) groups is 1. The molecular formula is C8H10O2. The maximum absolute atomic E-state index is 10.5. The van der Waals surface area contributed by atoms with Crippen LogP contribution in [0, 0.1) is 0 Å². The zero-order valence-corrected chi connectivity index (χ0v) is 5.96. The quantitative estimate of drug-likeness (QED) is 0.335. The van der Waals surface area contributed by atoms with Crippen LogP contribution in [-0.2, 0) is 9.53 Å². The third kappa shape index (κ3) is 2.87. The molecule has 0 atom stereocenters. The first-order valence-corrected chi connectivity index (χ1v) is 2.79. The second-order valence-electron chi connectivity index (χ2n) is 1.58. The lowest BCUT2D eigenvalue weighted by molar-refractivity contribution is -0.134. The molecule has 0 saturated carbocycles. The summed E-state index contributed by atoms with van der Waals surface area (Å²) in [5, 5.41) is 0. The number of hydrogen-bond donors (Lipinski definition) is 0. The highest BCUT2D eigenvalue weighted by Gasteiger charge is 1.92. The Morgan fingerprint density at radius 3 is 2.20 bits per heavy atom. The molecule has 0 aliphatic rings. The van der Waals surface area contributed by atoms with Gasteiger partial charge in [-0.05, 0) is 5.57 Å². The van der Waals surface area contributed by atoms with Crippen molar-refractivity contribution in [2.75, 3.05) is 7.11 Å². The molecule has 0 fully saturated rings. The smallest absolute Gasteiger partial charge is 0.331 e. The molecule has 0 saturated heterocycles. The van der Waals surface area contributed by atoms with Gasteiger partial charge in [0.25, 0.3) is 0 Å².